The maximum absolute atomic E-state index is 15.1. The highest BCUT2D eigenvalue weighted by molar-refractivity contribution is 6.36. The summed E-state index contributed by atoms with van der Waals surface area (Å²) in [6, 6.07) is 9.74. The first-order chi connectivity index (χ1) is 17.6. The number of hydrogen-bond donors (Lipinski definition) is 4. The standard InChI is InChI=1S/C26H29BClFN8/c1-25(2,3)14-33-22-15(11-30)12-32-23-18(22)9-16(10-20(23)28)34-26(27,19-5-4-8-31-24(19)29)21-13-37(36-35-21)17-6-7-17/h4-5,8-10,12-13,17,34-36H,6-7,14,27H2,1-3H3,(H,32,33). The first kappa shape index (κ1) is 25.1. The fourth-order valence-corrected chi connectivity index (χ4v) is 4.69. The number of anilines is 2. The minimum absolute atomic E-state index is 0.0145. The lowest BCUT2D eigenvalue weighted by atomic mass is 9.70. The number of nitrogens with zero attached hydrogens (tertiary/aromatic N) is 4. The van der Waals surface area contributed by atoms with Crippen LogP contribution in [0.15, 0.2) is 48.6 Å². The summed E-state index contributed by atoms with van der Waals surface area (Å²) in [6.07, 6.45) is 7.13. The molecule has 11 heteroatoms. The second-order valence-electron chi connectivity index (χ2n) is 10.9. The number of hydrazine groups is 2. The molecule has 8 nitrogen and oxygen atoms in total. The van der Waals surface area contributed by atoms with Gasteiger partial charge in [0.2, 0.25) is 5.95 Å². The Balaban J connectivity index is 1.61. The van der Waals surface area contributed by atoms with Gasteiger partial charge < -0.3 is 16.1 Å². The van der Waals surface area contributed by atoms with E-state index in [0.29, 0.717) is 51.0 Å². The van der Waals surface area contributed by atoms with Crippen LogP contribution in [0.4, 0.5) is 15.8 Å². The molecule has 190 valence electrons. The second-order valence-corrected chi connectivity index (χ2v) is 11.3. The lowest BCUT2D eigenvalue weighted by Crippen LogP contribution is -2.46. The number of rotatable bonds is 7. The van der Waals surface area contributed by atoms with E-state index in [-0.39, 0.29) is 5.41 Å². The number of nitriles is 1. The number of halogens is 2. The van der Waals surface area contributed by atoms with E-state index in [0.717, 1.165) is 18.5 Å². The molecule has 3 heterocycles. The van der Waals surface area contributed by atoms with Gasteiger partial charge in [0, 0.05) is 47.8 Å². The van der Waals surface area contributed by atoms with Gasteiger partial charge in [0.15, 0.2) is 0 Å². The van der Waals surface area contributed by atoms with Crippen LogP contribution in [0, 0.1) is 22.7 Å². The minimum atomic E-state index is -1.02. The molecule has 1 aliphatic carbocycles. The van der Waals surface area contributed by atoms with Crippen molar-refractivity contribution >= 4 is 41.7 Å². The minimum Gasteiger partial charge on any atom is -0.383 e. The van der Waals surface area contributed by atoms with Crippen molar-refractivity contribution in [1.82, 2.24) is 25.9 Å². The molecule has 1 unspecified atom stereocenters. The van der Waals surface area contributed by atoms with E-state index < -0.39 is 11.4 Å². The highest BCUT2D eigenvalue weighted by atomic mass is 35.5. The molecule has 2 aromatic heterocycles. The molecule has 0 radical (unpaired) electrons. The van der Waals surface area contributed by atoms with Crippen LogP contribution in [0.1, 0.15) is 44.7 Å². The first-order valence-corrected chi connectivity index (χ1v) is 12.6. The summed E-state index contributed by atoms with van der Waals surface area (Å²) < 4.78 is 15.1. The molecule has 0 bridgehead atoms. The van der Waals surface area contributed by atoms with Gasteiger partial charge in [-0.05, 0) is 36.5 Å². The Labute approximate surface area is 221 Å². The molecule has 1 aromatic carbocycles. The number of hydrogen-bond acceptors (Lipinski definition) is 8. The van der Waals surface area contributed by atoms with Crippen LogP contribution in [0.25, 0.3) is 10.9 Å². The van der Waals surface area contributed by atoms with Crippen molar-refractivity contribution in [3.63, 3.8) is 0 Å². The van der Waals surface area contributed by atoms with Crippen molar-refractivity contribution in [1.29, 1.82) is 5.26 Å². The zero-order valence-corrected chi connectivity index (χ0v) is 22.0. The number of benzene rings is 1. The molecule has 37 heavy (non-hydrogen) atoms. The Morgan fingerprint density at radius 1 is 1.30 bits per heavy atom. The largest absolute Gasteiger partial charge is 0.383 e. The van der Waals surface area contributed by atoms with Crippen molar-refractivity contribution in [2.75, 3.05) is 17.2 Å². The number of nitrogens with one attached hydrogen (secondary N) is 4. The van der Waals surface area contributed by atoms with Crippen molar-refractivity contribution < 1.29 is 4.39 Å². The second kappa shape index (κ2) is 9.40. The van der Waals surface area contributed by atoms with Crippen molar-refractivity contribution in [3.05, 3.63) is 70.7 Å². The molecular formula is C26H29BClFN8. The van der Waals surface area contributed by atoms with E-state index in [1.54, 1.807) is 18.2 Å². The smallest absolute Gasteiger partial charge is 0.218 e. The number of pyridine rings is 2. The fraction of sp³-hybridized carbons (Fsp3) is 0.346. The third-order valence-corrected chi connectivity index (χ3v) is 6.89. The van der Waals surface area contributed by atoms with Crippen LogP contribution in [-0.2, 0) is 5.44 Å². The zero-order chi connectivity index (χ0) is 26.4. The van der Waals surface area contributed by atoms with Crippen LogP contribution in [0.5, 0.6) is 0 Å². The monoisotopic (exact) mass is 518 g/mol. The Kier molecular flexibility index (Phi) is 6.38. The summed E-state index contributed by atoms with van der Waals surface area (Å²) in [4.78, 5) is 8.35. The molecule has 1 atom stereocenters. The summed E-state index contributed by atoms with van der Waals surface area (Å²) >= 11 is 6.71. The zero-order valence-electron chi connectivity index (χ0n) is 21.3. The van der Waals surface area contributed by atoms with Gasteiger partial charge in [-0.2, -0.15) is 9.65 Å². The average Bonchev–Trinajstić information content (AvgIpc) is 3.57. The summed E-state index contributed by atoms with van der Waals surface area (Å²) in [7, 11) is 1.89. The van der Waals surface area contributed by atoms with E-state index in [9.17, 15) is 5.26 Å². The van der Waals surface area contributed by atoms with Gasteiger partial charge in [0.05, 0.1) is 32.9 Å². The third kappa shape index (κ3) is 5.02. The molecule has 1 saturated carbocycles. The molecular weight excluding hydrogens is 490 g/mol. The summed E-state index contributed by atoms with van der Waals surface area (Å²) in [6.45, 7) is 6.99. The van der Waals surface area contributed by atoms with E-state index >= 15 is 4.39 Å². The Morgan fingerprint density at radius 3 is 2.76 bits per heavy atom. The molecule has 5 rings (SSSR count). The normalized spacial score (nSPS) is 17.1. The molecule has 1 aliphatic heterocycles. The average molecular weight is 519 g/mol. The highest BCUT2D eigenvalue weighted by Gasteiger charge is 2.39. The van der Waals surface area contributed by atoms with E-state index in [1.807, 2.05) is 25.1 Å². The lowest BCUT2D eigenvalue weighted by Gasteiger charge is -2.34. The van der Waals surface area contributed by atoms with Crippen LogP contribution in [0.3, 0.4) is 0 Å². The SMILES string of the molecule is BC(Nc1cc(Cl)c2ncc(C#N)c(NCC(C)(C)C)c2c1)(C1=CN(C2CC2)NN1)c1cccnc1F. The topological polar surface area (TPSA) is 101 Å². The van der Waals surface area contributed by atoms with Crippen molar-refractivity contribution in [3.8, 4) is 6.07 Å². The van der Waals surface area contributed by atoms with Gasteiger partial charge in [-0.25, -0.2) is 4.98 Å². The van der Waals surface area contributed by atoms with Gasteiger partial charge in [-0.1, -0.05) is 38.4 Å². The molecule has 1 fully saturated rings. The van der Waals surface area contributed by atoms with Crippen molar-refractivity contribution in [2.24, 2.45) is 5.41 Å². The molecule has 0 amide bonds. The molecule has 3 aromatic rings. The third-order valence-electron chi connectivity index (χ3n) is 6.60. The van der Waals surface area contributed by atoms with E-state index in [2.05, 4.69) is 58.4 Å². The number of aromatic nitrogens is 2. The Bertz CT molecular complexity index is 1430. The highest BCUT2D eigenvalue weighted by Crippen LogP contribution is 2.38. The predicted molar refractivity (Wildman–Crippen MR) is 147 cm³/mol. The predicted octanol–water partition coefficient (Wildman–Crippen LogP) is 3.98. The fourth-order valence-electron chi connectivity index (χ4n) is 4.42. The molecule has 0 saturated heterocycles. The Hall–Kier alpha value is -3.55. The van der Waals surface area contributed by atoms with Crippen LogP contribution in [0.2, 0.25) is 5.02 Å². The van der Waals surface area contributed by atoms with Gasteiger partial charge in [-0.15, -0.1) is 5.53 Å². The van der Waals surface area contributed by atoms with E-state index in [1.165, 1.54) is 12.4 Å². The van der Waals surface area contributed by atoms with Crippen molar-refractivity contribution in [2.45, 2.75) is 45.1 Å². The lowest BCUT2D eigenvalue weighted by molar-refractivity contribution is 0.260. The van der Waals surface area contributed by atoms with Gasteiger partial charge in [0.25, 0.3) is 0 Å². The summed E-state index contributed by atoms with van der Waals surface area (Å²) in [5, 5.41) is 19.8. The molecule has 4 N–H and O–H groups in total. The maximum atomic E-state index is 15.1. The molecule has 2 aliphatic rings. The van der Waals surface area contributed by atoms with E-state index in [4.69, 9.17) is 11.6 Å². The van der Waals surface area contributed by atoms with Gasteiger partial charge in [0.1, 0.15) is 13.9 Å². The maximum Gasteiger partial charge on any atom is 0.218 e. The Morgan fingerprint density at radius 2 is 2.08 bits per heavy atom. The van der Waals surface area contributed by atoms with Crippen LogP contribution < -0.4 is 21.6 Å². The van der Waals surface area contributed by atoms with Gasteiger partial charge in [-0.3, -0.25) is 9.99 Å². The van der Waals surface area contributed by atoms with Gasteiger partial charge >= 0.3 is 0 Å². The van der Waals surface area contributed by atoms with Crippen LogP contribution >= 0.6 is 11.6 Å². The first-order valence-electron chi connectivity index (χ1n) is 12.3. The number of fused-ring (bicyclic) bond motifs is 1. The molecule has 0 spiro atoms. The van der Waals surface area contributed by atoms with Crippen LogP contribution in [-0.4, -0.2) is 35.4 Å². The summed E-state index contributed by atoms with van der Waals surface area (Å²) in [5.41, 5.74) is 8.77. The summed E-state index contributed by atoms with van der Waals surface area (Å²) in [5.74, 6) is -0.571. The quantitative estimate of drug-likeness (QED) is 0.275.